The van der Waals surface area contributed by atoms with E-state index in [0.29, 0.717) is 0 Å². The van der Waals surface area contributed by atoms with Crippen molar-refractivity contribution in [3.63, 3.8) is 0 Å². The second-order valence-corrected chi connectivity index (χ2v) is 6.80. The van der Waals surface area contributed by atoms with Gasteiger partial charge in [-0.15, -0.1) is 22.7 Å². The minimum absolute atomic E-state index is 0.597. The van der Waals surface area contributed by atoms with Gasteiger partial charge in [0.25, 0.3) is 0 Å². The topological polar surface area (TPSA) is 53.4 Å². The van der Waals surface area contributed by atoms with E-state index in [0.717, 1.165) is 34.2 Å². The predicted octanol–water partition coefficient (Wildman–Crippen LogP) is 3.01. The first kappa shape index (κ1) is 12.6. The van der Waals surface area contributed by atoms with Gasteiger partial charge in [-0.1, -0.05) is 0 Å². The van der Waals surface area contributed by atoms with Gasteiger partial charge in [-0.3, -0.25) is 0 Å². The Bertz CT molecular complexity index is 613. The first-order chi connectivity index (χ1) is 9.08. The first-order valence-corrected chi connectivity index (χ1v) is 7.77. The Labute approximate surface area is 119 Å². The van der Waals surface area contributed by atoms with Crippen LogP contribution in [-0.4, -0.2) is 22.6 Å². The molecular formula is C13H14N2O2S2. The summed E-state index contributed by atoms with van der Waals surface area (Å²) < 4.78 is 0. The maximum atomic E-state index is 11.6. The average molecular weight is 294 g/mol. The van der Waals surface area contributed by atoms with Crippen LogP contribution in [0.3, 0.4) is 0 Å². The molecule has 1 N–H and O–H groups in total. The van der Waals surface area contributed by atoms with Gasteiger partial charge in [-0.05, 0) is 37.3 Å². The number of hydrogen-bond donors (Lipinski definition) is 1. The van der Waals surface area contributed by atoms with Gasteiger partial charge in [0.1, 0.15) is 0 Å². The molecule has 0 bridgehead atoms. The highest BCUT2D eigenvalue weighted by Crippen LogP contribution is 2.38. The fourth-order valence-corrected chi connectivity index (χ4v) is 4.23. The molecule has 2 aromatic rings. The third-order valence-corrected chi connectivity index (χ3v) is 5.57. The molecule has 2 aromatic heterocycles. The molecule has 1 aliphatic rings. The Balaban J connectivity index is 2.04. The van der Waals surface area contributed by atoms with Gasteiger partial charge in [0.15, 0.2) is 11.2 Å². The van der Waals surface area contributed by atoms with Crippen LogP contribution in [0.5, 0.6) is 0 Å². The van der Waals surface area contributed by atoms with Crippen LogP contribution in [0, 0.1) is 13.8 Å². The molecule has 0 spiro atoms. The van der Waals surface area contributed by atoms with Crippen molar-refractivity contribution in [2.75, 3.05) is 11.4 Å². The fourth-order valence-electron chi connectivity index (χ4n) is 2.37. The third-order valence-electron chi connectivity index (χ3n) is 3.46. The van der Waals surface area contributed by atoms with Crippen LogP contribution in [0.4, 0.5) is 5.13 Å². The molecule has 1 atom stereocenters. The standard InChI is InChI=1S/C13H14N2O2S2/c1-7-8(2)19-13(14-7)15-5-3-10-9(4-6-18-10)11(15)12(16)17/h4,6,11H,3,5H2,1-2H3,(H,16,17). The van der Waals surface area contributed by atoms with Crippen LogP contribution < -0.4 is 4.90 Å². The summed E-state index contributed by atoms with van der Waals surface area (Å²) in [6, 6.07) is 1.33. The second kappa shape index (κ2) is 4.61. The summed E-state index contributed by atoms with van der Waals surface area (Å²) in [5.74, 6) is -0.801. The number of aromatic nitrogens is 1. The van der Waals surface area contributed by atoms with Crippen LogP contribution in [0.2, 0.25) is 0 Å². The predicted molar refractivity (Wildman–Crippen MR) is 77.3 cm³/mol. The molecule has 3 rings (SSSR count). The molecule has 0 radical (unpaired) electrons. The van der Waals surface area contributed by atoms with Crippen LogP contribution >= 0.6 is 22.7 Å². The quantitative estimate of drug-likeness (QED) is 0.925. The maximum absolute atomic E-state index is 11.6. The van der Waals surface area contributed by atoms with Gasteiger partial charge in [0.2, 0.25) is 0 Å². The molecule has 0 saturated carbocycles. The minimum atomic E-state index is -0.801. The number of carboxylic acids is 1. The average Bonchev–Trinajstić information content (AvgIpc) is 2.95. The van der Waals surface area contributed by atoms with E-state index in [1.165, 1.54) is 4.88 Å². The van der Waals surface area contributed by atoms with Crippen LogP contribution in [0.1, 0.15) is 27.1 Å². The summed E-state index contributed by atoms with van der Waals surface area (Å²) in [4.78, 5) is 20.4. The van der Waals surface area contributed by atoms with E-state index in [1.54, 1.807) is 22.7 Å². The summed E-state index contributed by atoms with van der Waals surface area (Å²) >= 11 is 3.22. The molecule has 6 heteroatoms. The highest BCUT2D eigenvalue weighted by Gasteiger charge is 2.35. The number of fused-ring (bicyclic) bond motifs is 1. The Morgan fingerprint density at radius 3 is 2.95 bits per heavy atom. The highest BCUT2D eigenvalue weighted by molar-refractivity contribution is 7.15. The lowest BCUT2D eigenvalue weighted by Gasteiger charge is -2.32. The first-order valence-electron chi connectivity index (χ1n) is 6.07. The third kappa shape index (κ3) is 2.04. The number of thiazole rings is 1. The Hall–Kier alpha value is -1.40. The fraction of sp³-hybridized carbons (Fsp3) is 0.385. The minimum Gasteiger partial charge on any atom is -0.479 e. The SMILES string of the molecule is Cc1nc(N2CCc3sccc3C2C(=O)O)sc1C. The van der Waals surface area contributed by atoms with Crippen molar-refractivity contribution in [2.24, 2.45) is 0 Å². The van der Waals surface area contributed by atoms with E-state index in [-0.39, 0.29) is 0 Å². The number of thiophene rings is 1. The van der Waals surface area contributed by atoms with Crippen LogP contribution in [0.15, 0.2) is 11.4 Å². The lowest BCUT2D eigenvalue weighted by Crippen LogP contribution is -2.39. The smallest absolute Gasteiger partial charge is 0.331 e. The van der Waals surface area contributed by atoms with Gasteiger partial charge in [0, 0.05) is 16.3 Å². The van der Waals surface area contributed by atoms with E-state index in [2.05, 4.69) is 4.98 Å². The number of rotatable bonds is 2. The Morgan fingerprint density at radius 1 is 1.53 bits per heavy atom. The lowest BCUT2D eigenvalue weighted by atomic mass is 10.0. The van der Waals surface area contributed by atoms with Gasteiger partial charge in [-0.2, -0.15) is 0 Å². The Kier molecular flexibility index (Phi) is 3.06. The van der Waals surface area contributed by atoms with E-state index in [4.69, 9.17) is 0 Å². The largest absolute Gasteiger partial charge is 0.479 e. The number of aryl methyl sites for hydroxylation is 2. The zero-order valence-electron chi connectivity index (χ0n) is 10.7. The van der Waals surface area contributed by atoms with Crippen LogP contribution in [-0.2, 0) is 11.2 Å². The van der Waals surface area contributed by atoms with Crippen molar-refractivity contribution in [2.45, 2.75) is 26.3 Å². The van der Waals surface area contributed by atoms with Crippen molar-refractivity contribution in [1.29, 1.82) is 0 Å². The molecule has 0 fully saturated rings. The van der Waals surface area contributed by atoms with E-state index in [9.17, 15) is 9.90 Å². The number of carbonyl (C=O) groups is 1. The van der Waals surface area contributed by atoms with Crippen LogP contribution in [0.25, 0.3) is 0 Å². The van der Waals surface area contributed by atoms with Crippen molar-refractivity contribution in [1.82, 2.24) is 4.98 Å². The maximum Gasteiger partial charge on any atom is 0.331 e. The Morgan fingerprint density at radius 2 is 2.32 bits per heavy atom. The number of hydrogen-bond acceptors (Lipinski definition) is 5. The zero-order valence-corrected chi connectivity index (χ0v) is 12.3. The summed E-state index contributed by atoms with van der Waals surface area (Å²) in [5.41, 5.74) is 1.91. The lowest BCUT2D eigenvalue weighted by molar-refractivity contribution is -0.138. The van der Waals surface area contributed by atoms with Crippen molar-refractivity contribution in [3.8, 4) is 0 Å². The summed E-state index contributed by atoms with van der Waals surface area (Å²) in [5, 5.41) is 12.3. The molecular weight excluding hydrogens is 280 g/mol. The monoisotopic (exact) mass is 294 g/mol. The zero-order chi connectivity index (χ0) is 13.6. The van der Waals surface area contributed by atoms with Crippen molar-refractivity contribution in [3.05, 3.63) is 32.5 Å². The van der Waals surface area contributed by atoms with Gasteiger partial charge in [0.05, 0.1) is 5.69 Å². The molecule has 0 amide bonds. The summed E-state index contributed by atoms with van der Waals surface area (Å²) in [6.45, 7) is 4.70. The normalized spacial score (nSPS) is 18.4. The van der Waals surface area contributed by atoms with E-state index < -0.39 is 12.0 Å². The van der Waals surface area contributed by atoms with Crippen molar-refractivity contribution >= 4 is 33.8 Å². The molecule has 3 heterocycles. The molecule has 0 aromatic carbocycles. The van der Waals surface area contributed by atoms with Gasteiger partial charge >= 0.3 is 5.97 Å². The molecule has 1 unspecified atom stereocenters. The van der Waals surface area contributed by atoms with E-state index >= 15 is 0 Å². The van der Waals surface area contributed by atoms with Gasteiger partial charge < -0.3 is 10.0 Å². The molecule has 0 saturated heterocycles. The van der Waals surface area contributed by atoms with Gasteiger partial charge in [-0.25, -0.2) is 9.78 Å². The number of aliphatic carboxylic acids is 1. The van der Waals surface area contributed by atoms with Crippen molar-refractivity contribution < 1.29 is 9.90 Å². The molecule has 0 aliphatic carbocycles. The number of nitrogens with zero attached hydrogens (tertiary/aromatic N) is 2. The molecule has 100 valence electrons. The second-order valence-electron chi connectivity index (χ2n) is 4.62. The summed E-state index contributed by atoms with van der Waals surface area (Å²) in [7, 11) is 0. The molecule has 19 heavy (non-hydrogen) atoms. The molecule has 1 aliphatic heterocycles. The summed E-state index contributed by atoms with van der Waals surface area (Å²) in [6.07, 6.45) is 0.897. The van der Waals surface area contributed by atoms with E-state index in [1.807, 2.05) is 30.2 Å². The number of anilines is 1. The highest BCUT2D eigenvalue weighted by atomic mass is 32.1. The number of carboxylic acid groups (broad SMARTS) is 1. The molecule has 4 nitrogen and oxygen atoms in total.